The molecule has 26 heavy (non-hydrogen) atoms. The van der Waals surface area contributed by atoms with E-state index in [0.29, 0.717) is 19.2 Å². The number of nitrogens with one attached hydrogen (secondary N) is 2. The highest BCUT2D eigenvalue weighted by Crippen LogP contribution is 2.23. The molecule has 0 spiro atoms. The number of nitro benzene ring substituents is 1. The van der Waals surface area contributed by atoms with Crippen molar-refractivity contribution < 1.29 is 9.66 Å². The molecule has 1 fully saturated rings. The van der Waals surface area contributed by atoms with Gasteiger partial charge in [0.2, 0.25) is 0 Å². The largest absolute Gasteiger partial charge is 0.385 e. The molecule has 1 aromatic carbocycles. The molecule has 2 N–H and O–H groups in total. The molecule has 0 radical (unpaired) electrons. The molecule has 0 unspecified atom stereocenters. The van der Waals surface area contributed by atoms with Gasteiger partial charge in [-0.05, 0) is 43.6 Å². The number of nitro groups is 1. The molecule has 1 aliphatic rings. The Morgan fingerprint density at radius 3 is 2.58 bits per heavy atom. The van der Waals surface area contributed by atoms with E-state index < -0.39 is 0 Å². The van der Waals surface area contributed by atoms with Crippen molar-refractivity contribution in [2.75, 3.05) is 20.3 Å². The van der Waals surface area contributed by atoms with Crippen molar-refractivity contribution in [2.24, 2.45) is 10.9 Å². The molecule has 0 saturated heterocycles. The van der Waals surface area contributed by atoms with Crippen LogP contribution in [0.5, 0.6) is 0 Å². The van der Waals surface area contributed by atoms with E-state index in [1.54, 1.807) is 19.2 Å². The number of nitrogens with zero attached hydrogens (tertiary/aromatic N) is 2. The third kappa shape index (κ3) is 7.00. The monoisotopic (exact) mass is 362 g/mol. The normalized spacial score (nSPS) is 20.6. The number of guanidine groups is 1. The summed E-state index contributed by atoms with van der Waals surface area (Å²) >= 11 is 0. The third-order valence-corrected chi connectivity index (χ3v) is 4.74. The van der Waals surface area contributed by atoms with Gasteiger partial charge in [0.15, 0.2) is 5.96 Å². The predicted octanol–water partition coefficient (Wildman–Crippen LogP) is 3.25. The minimum absolute atomic E-state index is 0.102. The molecule has 0 heterocycles. The van der Waals surface area contributed by atoms with E-state index in [4.69, 9.17) is 4.74 Å². The number of benzene rings is 1. The first-order chi connectivity index (χ1) is 12.6. The standard InChI is InChI=1S/C19H30N4O3/c1-15-4-8-17(9-5-15)22-19(20-12-3-13-26-2)21-14-16-6-10-18(11-7-16)23(24)25/h6-7,10-11,15,17H,3-5,8-9,12-14H2,1-2H3,(H2,20,21,22). The van der Waals surface area contributed by atoms with Gasteiger partial charge in [-0.1, -0.05) is 19.1 Å². The van der Waals surface area contributed by atoms with Gasteiger partial charge < -0.3 is 15.4 Å². The van der Waals surface area contributed by atoms with Gasteiger partial charge in [0.1, 0.15) is 0 Å². The van der Waals surface area contributed by atoms with Gasteiger partial charge in [0.25, 0.3) is 5.69 Å². The lowest BCUT2D eigenvalue weighted by Crippen LogP contribution is -2.45. The molecular weight excluding hydrogens is 332 g/mol. The fraction of sp³-hybridized carbons (Fsp3) is 0.632. The van der Waals surface area contributed by atoms with Crippen LogP contribution in [0.1, 0.15) is 44.6 Å². The summed E-state index contributed by atoms with van der Waals surface area (Å²) in [6.45, 7) is 4.30. The maximum atomic E-state index is 10.7. The second-order valence-electron chi connectivity index (χ2n) is 6.96. The molecule has 0 aliphatic heterocycles. The first kappa shape index (κ1) is 20.2. The fourth-order valence-corrected chi connectivity index (χ4v) is 3.07. The van der Waals surface area contributed by atoms with Crippen LogP contribution in [0.2, 0.25) is 0 Å². The summed E-state index contributed by atoms with van der Waals surface area (Å²) in [4.78, 5) is 15.0. The molecule has 1 aromatic rings. The van der Waals surface area contributed by atoms with Crippen LogP contribution in [-0.2, 0) is 11.3 Å². The molecule has 0 atom stereocenters. The quantitative estimate of drug-likeness (QED) is 0.244. The lowest BCUT2D eigenvalue weighted by Gasteiger charge is -2.28. The van der Waals surface area contributed by atoms with Crippen molar-refractivity contribution in [3.8, 4) is 0 Å². The fourth-order valence-electron chi connectivity index (χ4n) is 3.07. The van der Waals surface area contributed by atoms with Crippen LogP contribution in [0.3, 0.4) is 0 Å². The van der Waals surface area contributed by atoms with Crippen LogP contribution in [0.15, 0.2) is 29.3 Å². The smallest absolute Gasteiger partial charge is 0.269 e. The molecule has 1 aliphatic carbocycles. The van der Waals surface area contributed by atoms with Crippen molar-refractivity contribution in [3.63, 3.8) is 0 Å². The lowest BCUT2D eigenvalue weighted by atomic mass is 9.87. The summed E-state index contributed by atoms with van der Waals surface area (Å²) in [7, 11) is 1.70. The second-order valence-corrected chi connectivity index (χ2v) is 6.96. The van der Waals surface area contributed by atoms with Crippen LogP contribution in [0.4, 0.5) is 5.69 Å². The number of methoxy groups -OCH3 is 1. The average molecular weight is 362 g/mol. The zero-order chi connectivity index (χ0) is 18.8. The lowest BCUT2D eigenvalue weighted by molar-refractivity contribution is -0.384. The first-order valence-electron chi connectivity index (χ1n) is 9.35. The molecule has 7 heteroatoms. The second kappa shape index (κ2) is 10.8. The Labute approximate surface area is 155 Å². The van der Waals surface area contributed by atoms with Gasteiger partial charge in [-0.15, -0.1) is 0 Å². The minimum atomic E-state index is -0.387. The van der Waals surface area contributed by atoms with Gasteiger partial charge in [-0.2, -0.15) is 0 Å². The summed E-state index contributed by atoms with van der Waals surface area (Å²) < 4.78 is 5.09. The number of aliphatic imine (C=N–C) groups is 1. The molecule has 1 saturated carbocycles. The molecule has 0 amide bonds. The highest BCUT2D eigenvalue weighted by atomic mass is 16.6. The number of ether oxygens (including phenoxy) is 1. The highest BCUT2D eigenvalue weighted by Gasteiger charge is 2.18. The van der Waals surface area contributed by atoms with Crippen LogP contribution in [-0.4, -0.2) is 37.2 Å². The van der Waals surface area contributed by atoms with Crippen LogP contribution >= 0.6 is 0 Å². The molecule has 144 valence electrons. The number of hydrogen-bond donors (Lipinski definition) is 2. The van der Waals surface area contributed by atoms with E-state index in [9.17, 15) is 10.1 Å². The molecular formula is C19H30N4O3. The summed E-state index contributed by atoms with van der Waals surface area (Å²) in [6.07, 6.45) is 5.74. The molecule has 2 rings (SSSR count). The Hall–Kier alpha value is -2.15. The van der Waals surface area contributed by atoms with E-state index in [1.165, 1.54) is 25.0 Å². The summed E-state index contributed by atoms with van der Waals surface area (Å²) in [6, 6.07) is 7.01. The van der Waals surface area contributed by atoms with Crippen molar-refractivity contribution >= 4 is 11.6 Å². The van der Waals surface area contributed by atoms with Crippen molar-refractivity contribution in [2.45, 2.75) is 51.6 Å². The minimum Gasteiger partial charge on any atom is -0.385 e. The summed E-state index contributed by atoms with van der Waals surface area (Å²) in [5.74, 6) is 1.61. The Morgan fingerprint density at radius 1 is 1.27 bits per heavy atom. The van der Waals surface area contributed by atoms with Gasteiger partial charge in [-0.3, -0.25) is 10.1 Å². The van der Waals surface area contributed by atoms with E-state index in [0.717, 1.165) is 43.2 Å². The number of hydrogen-bond acceptors (Lipinski definition) is 4. The summed E-state index contributed by atoms with van der Waals surface area (Å²) in [5, 5.41) is 17.6. The zero-order valence-electron chi connectivity index (χ0n) is 15.7. The van der Waals surface area contributed by atoms with Crippen molar-refractivity contribution in [1.29, 1.82) is 0 Å². The molecule has 0 bridgehead atoms. The van der Waals surface area contributed by atoms with Crippen molar-refractivity contribution in [1.82, 2.24) is 10.6 Å². The van der Waals surface area contributed by atoms with Gasteiger partial charge in [0.05, 0.1) is 11.5 Å². The Kier molecular flexibility index (Phi) is 8.34. The maximum absolute atomic E-state index is 10.7. The van der Waals surface area contributed by atoms with E-state index in [2.05, 4.69) is 22.5 Å². The average Bonchev–Trinajstić information content (AvgIpc) is 2.65. The highest BCUT2D eigenvalue weighted by molar-refractivity contribution is 5.80. The number of rotatable bonds is 8. The zero-order valence-corrected chi connectivity index (χ0v) is 15.7. The SMILES string of the molecule is COCCCNC(=NCc1ccc([N+](=O)[O-])cc1)NC1CCC(C)CC1. The van der Waals surface area contributed by atoms with Crippen LogP contribution < -0.4 is 10.6 Å². The van der Waals surface area contributed by atoms with Crippen LogP contribution in [0.25, 0.3) is 0 Å². The van der Waals surface area contributed by atoms with E-state index in [-0.39, 0.29) is 10.6 Å². The topological polar surface area (TPSA) is 88.8 Å². The van der Waals surface area contributed by atoms with E-state index in [1.807, 2.05) is 0 Å². The third-order valence-electron chi connectivity index (χ3n) is 4.74. The Bertz CT molecular complexity index is 581. The number of non-ortho nitro benzene ring substituents is 1. The van der Waals surface area contributed by atoms with E-state index >= 15 is 0 Å². The van der Waals surface area contributed by atoms with Gasteiger partial charge in [-0.25, -0.2) is 4.99 Å². The Balaban J connectivity index is 1.94. The van der Waals surface area contributed by atoms with Crippen molar-refractivity contribution in [3.05, 3.63) is 39.9 Å². The van der Waals surface area contributed by atoms with Gasteiger partial charge >= 0.3 is 0 Å². The predicted molar refractivity (Wildman–Crippen MR) is 103 cm³/mol. The summed E-state index contributed by atoms with van der Waals surface area (Å²) in [5.41, 5.74) is 1.05. The first-order valence-corrected chi connectivity index (χ1v) is 9.35. The van der Waals surface area contributed by atoms with Gasteiger partial charge in [0, 0.05) is 38.4 Å². The Morgan fingerprint density at radius 2 is 1.96 bits per heavy atom. The molecule has 0 aromatic heterocycles. The molecule has 7 nitrogen and oxygen atoms in total. The maximum Gasteiger partial charge on any atom is 0.269 e. The van der Waals surface area contributed by atoms with Crippen LogP contribution in [0, 0.1) is 16.0 Å².